The van der Waals surface area contributed by atoms with Crippen molar-refractivity contribution in [3.8, 4) is 0 Å². The van der Waals surface area contributed by atoms with Gasteiger partial charge < -0.3 is 10.6 Å². The molecule has 1 aromatic carbocycles. The van der Waals surface area contributed by atoms with Crippen molar-refractivity contribution in [3.63, 3.8) is 0 Å². The Morgan fingerprint density at radius 1 is 1.32 bits per heavy atom. The average molecular weight is 264 g/mol. The topological polar surface area (TPSA) is 29.3 Å². The van der Waals surface area contributed by atoms with Crippen LogP contribution in [0.25, 0.3) is 0 Å². The second-order valence-corrected chi connectivity index (χ2v) is 5.73. The Morgan fingerprint density at radius 2 is 2.05 bits per heavy atom. The number of nitrogens with two attached hydrogens (primary N) is 1. The van der Waals surface area contributed by atoms with Crippen LogP contribution in [0.15, 0.2) is 18.2 Å². The minimum Gasteiger partial charge on any atom is -0.369 e. The molecule has 1 saturated carbocycles. The predicted molar refractivity (Wildman–Crippen MR) is 79.0 cm³/mol. The van der Waals surface area contributed by atoms with Crippen LogP contribution in [0.5, 0.6) is 0 Å². The maximum Gasteiger partial charge on any atom is 0.146 e. The second-order valence-electron chi connectivity index (χ2n) is 5.73. The van der Waals surface area contributed by atoms with E-state index in [4.69, 9.17) is 5.73 Å². The highest BCUT2D eigenvalue weighted by Gasteiger charge is 2.27. The third-order valence-electron chi connectivity index (χ3n) is 4.40. The molecule has 0 aliphatic heterocycles. The summed E-state index contributed by atoms with van der Waals surface area (Å²) in [6.07, 6.45) is 5.70. The van der Waals surface area contributed by atoms with Gasteiger partial charge >= 0.3 is 0 Å². The highest BCUT2D eigenvalue weighted by atomic mass is 19.1. The first-order chi connectivity index (χ1) is 9.15. The molecular weight excluding hydrogens is 239 g/mol. The first-order valence-corrected chi connectivity index (χ1v) is 7.35. The van der Waals surface area contributed by atoms with Crippen molar-refractivity contribution < 1.29 is 4.39 Å². The number of anilines is 1. The van der Waals surface area contributed by atoms with E-state index in [0.717, 1.165) is 24.1 Å². The van der Waals surface area contributed by atoms with Crippen LogP contribution in [0.1, 0.15) is 38.2 Å². The highest BCUT2D eigenvalue weighted by Crippen LogP contribution is 2.33. The second kappa shape index (κ2) is 6.38. The normalized spacial score (nSPS) is 23.4. The molecule has 3 heteroatoms. The fraction of sp³-hybridized carbons (Fsp3) is 0.625. The molecule has 19 heavy (non-hydrogen) atoms. The van der Waals surface area contributed by atoms with Gasteiger partial charge in [0.2, 0.25) is 0 Å². The van der Waals surface area contributed by atoms with Gasteiger partial charge in [-0.1, -0.05) is 31.9 Å². The van der Waals surface area contributed by atoms with E-state index in [0.29, 0.717) is 18.5 Å². The molecule has 1 aromatic rings. The molecule has 106 valence electrons. The van der Waals surface area contributed by atoms with Crippen molar-refractivity contribution >= 4 is 5.69 Å². The van der Waals surface area contributed by atoms with Gasteiger partial charge in [-0.25, -0.2) is 4.39 Å². The fourth-order valence-corrected chi connectivity index (χ4v) is 3.35. The number of rotatable bonds is 4. The molecule has 0 aromatic heterocycles. The molecule has 0 bridgehead atoms. The third-order valence-corrected chi connectivity index (χ3v) is 4.40. The van der Waals surface area contributed by atoms with Crippen molar-refractivity contribution in [2.75, 3.05) is 18.5 Å². The molecule has 2 N–H and O–H groups in total. The molecular formula is C16H25FN2. The number of hydrogen-bond acceptors (Lipinski definition) is 2. The highest BCUT2D eigenvalue weighted by molar-refractivity contribution is 5.55. The lowest BCUT2D eigenvalue weighted by atomic mass is 9.84. The van der Waals surface area contributed by atoms with E-state index in [1.54, 1.807) is 12.1 Å². The summed E-state index contributed by atoms with van der Waals surface area (Å²) in [6, 6.07) is 5.78. The summed E-state index contributed by atoms with van der Waals surface area (Å²) in [5, 5.41) is 0. The maximum absolute atomic E-state index is 14.2. The summed E-state index contributed by atoms with van der Waals surface area (Å²) < 4.78 is 14.2. The number of benzene rings is 1. The number of para-hydroxylation sites is 1. The van der Waals surface area contributed by atoms with Crippen LogP contribution in [0.3, 0.4) is 0 Å². The van der Waals surface area contributed by atoms with E-state index in [1.165, 1.54) is 19.3 Å². The van der Waals surface area contributed by atoms with Gasteiger partial charge in [0.1, 0.15) is 5.82 Å². The molecule has 2 nitrogen and oxygen atoms in total. The monoisotopic (exact) mass is 264 g/mol. The quantitative estimate of drug-likeness (QED) is 0.903. The standard InChI is InChI=1S/C16H25FN2/c1-12-6-3-4-9-15(12)19(2)16-13(10-11-18)7-5-8-14(16)17/h5,7-8,12,15H,3-4,6,9-11,18H2,1-2H3. The van der Waals surface area contributed by atoms with E-state index in [1.807, 2.05) is 13.1 Å². The Kier molecular flexibility index (Phi) is 4.81. The molecule has 2 unspecified atom stereocenters. The number of halogens is 1. The third kappa shape index (κ3) is 3.08. The molecule has 1 aliphatic rings. The smallest absolute Gasteiger partial charge is 0.146 e. The van der Waals surface area contributed by atoms with E-state index in [2.05, 4.69) is 11.8 Å². The van der Waals surface area contributed by atoms with Crippen LogP contribution in [0.2, 0.25) is 0 Å². The molecule has 0 radical (unpaired) electrons. The van der Waals surface area contributed by atoms with E-state index in [-0.39, 0.29) is 5.82 Å². The van der Waals surface area contributed by atoms with Crippen molar-refractivity contribution in [1.82, 2.24) is 0 Å². The van der Waals surface area contributed by atoms with Crippen molar-refractivity contribution in [2.45, 2.75) is 45.1 Å². The van der Waals surface area contributed by atoms with E-state index >= 15 is 0 Å². The molecule has 0 heterocycles. The zero-order valence-electron chi connectivity index (χ0n) is 12.0. The largest absolute Gasteiger partial charge is 0.369 e. The van der Waals surface area contributed by atoms with Crippen LogP contribution in [-0.4, -0.2) is 19.6 Å². The first-order valence-electron chi connectivity index (χ1n) is 7.35. The van der Waals surface area contributed by atoms with Crippen LogP contribution in [-0.2, 0) is 6.42 Å². The summed E-state index contributed by atoms with van der Waals surface area (Å²) in [4.78, 5) is 2.16. The van der Waals surface area contributed by atoms with Gasteiger partial charge in [-0.3, -0.25) is 0 Å². The van der Waals surface area contributed by atoms with Gasteiger partial charge in [0.15, 0.2) is 0 Å². The molecule has 1 aliphatic carbocycles. The number of nitrogens with zero attached hydrogens (tertiary/aromatic N) is 1. The Hall–Kier alpha value is -1.09. The van der Waals surface area contributed by atoms with E-state index < -0.39 is 0 Å². The Balaban J connectivity index is 2.28. The van der Waals surface area contributed by atoms with Gasteiger partial charge in [0.05, 0.1) is 5.69 Å². The van der Waals surface area contributed by atoms with Crippen LogP contribution in [0, 0.1) is 11.7 Å². The van der Waals surface area contributed by atoms with E-state index in [9.17, 15) is 4.39 Å². The molecule has 0 amide bonds. The first kappa shape index (κ1) is 14.3. The minimum absolute atomic E-state index is 0.119. The zero-order valence-corrected chi connectivity index (χ0v) is 12.0. The molecule has 0 saturated heterocycles. The SMILES string of the molecule is CC1CCCCC1N(C)c1c(F)cccc1CCN. The van der Waals surface area contributed by atoms with Gasteiger partial charge in [-0.15, -0.1) is 0 Å². The molecule has 1 fully saturated rings. The van der Waals surface area contributed by atoms with Gasteiger partial charge in [0, 0.05) is 13.1 Å². The summed E-state index contributed by atoms with van der Waals surface area (Å²) in [5.74, 6) is 0.510. The number of hydrogen-bond donors (Lipinski definition) is 1. The molecule has 2 rings (SSSR count). The van der Waals surface area contributed by atoms with Crippen LogP contribution in [0.4, 0.5) is 10.1 Å². The van der Waals surface area contributed by atoms with Crippen molar-refractivity contribution in [2.24, 2.45) is 11.7 Å². The fourth-order valence-electron chi connectivity index (χ4n) is 3.35. The minimum atomic E-state index is -0.119. The molecule has 2 atom stereocenters. The van der Waals surface area contributed by atoms with Crippen LogP contribution < -0.4 is 10.6 Å². The van der Waals surface area contributed by atoms with Crippen molar-refractivity contribution in [1.29, 1.82) is 0 Å². The Labute approximate surface area is 115 Å². The summed E-state index contributed by atoms with van der Waals surface area (Å²) in [6.45, 7) is 2.84. The maximum atomic E-state index is 14.2. The summed E-state index contributed by atoms with van der Waals surface area (Å²) in [5.41, 5.74) is 7.43. The summed E-state index contributed by atoms with van der Waals surface area (Å²) in [7, 11) is 2.03. The Morgan fingerprint density at radius 3 is 2.74 bits per heavy atom. The lowest BCUT2D eigenvalue weighted by Gasteiger charge is -2.38. The van der Waals surface area contributed by atoms with Gasteiger partial charge in [0.25, 0.3) is 0 Å². The molecule has 0 spiro atoms. The van der Waals surface area contributed by atoms with Crippen LogP contribution >= 0.6 is 0 Å². The van der Waals surface area contributed by atoms with Gasteiger partial charge in [-0.05, 0) is 43.4 Å². The van der Waals surface area contributed by atoms with Crippen molar-refractivity contribution in [3.05, 3.63) is 29.6 Å². The summed E-state index contributed by atoms with van der Waals surface area (Å²) >= 11 is 0. The Bertz CT molecular complexity index is 419. The lowest BCUT2D eigenvalue weighted by molar-refractivity contribution is 0.320. The van der Waals surface area contributed by atoms with Gasteiger partial charge in [-0.2, -0.15) is 0 Å². The average Bonchev–Trinajstić information content (AvgIpc) is 2.39. The predicted octanol–water partition coefficient (Wildman–Crippen LogP) is 3.34. The lowest BCUT2D eigenvalue weighted by Crippen LogP contribution is -2.40. The zero-order chi connectivity index (χ0) is 13.8.